The summed E-state index contributed by atoms with van der Waals surface area (Å²) in [6.45, 7) is 3.86. The number of nitrogens with one attached hydrogen (secondary N) is 1. The zero-order valence-electron chi connectivity index (χ0n) is 15.4. The summed E-state index contributed by atoms with van der Waals surface area (Å²) in [4.78, 5) is 13.5. The first-order valence-electron chi connectivity index (χ1n) is 8.50. The normalized spacial score (nSPS) is 18.8. The minimum absolute atomic E-state index is 0.0948. The molecule has 0 aromatic heterocycles. The van der Waals surface area contributed by atoms with E-state index in [1.165, 1.54) is 17.4 Å². The Morgan fingerprint density at radius 2 is 1.68 bits per heavy atom. The molecule has 1 N–H and O–H groups in total. The molecule has 1 heterocycles. The van der Waals surface area contributed by atoms with Crippen LogP contribution in [-0.4, -0.2) is 23.4 Å². The van der Waals surface area contributed by atoms with Gasteiger partial charge in [-0.3, -0.25) is 4.79 Å². The van der Waals surface area contributed by atoms with E-state index >= 15 is 0 Å². The van der Waals surface area contributed by atoms with Gasteiger partial charge in [0.2, 0.25) is 5.91 Å². The van der Waals surface area contributed by atoms with E-state index in [-0.39, 0.29) is 29.2 Å². The molecular formula is C18H20F6N2OS. The van der Waals surface area contributed by atoms with Crippen LogP contribution in [0.15, 0.2) is 23.6 Å². The molecule has 1 aliphatic heterocycles. The Bertz CT molecular complexity index is 727. The summed E-state index contributed by atoms with van der Waals surface area (Å²) in [7, 11) is 1.51. The minimum Gasteiger partial charge on any atom is -0.345 e. The van der Waals surface area contributed by atoms with E-state index in [2.05, 4.69) is 5.32 Å². The van der Waals surface area contributed by atoms with Gasteiger partial charge in [0.1, 0.15) is 0 Å². The van der Waals surface area contributed by atoms with Gasteiger partial charge in [0.05, 0.1) is 16.8 Å². The molecule has 0 saturated carbocycles. The van der Waals surface area contributed by atoms with E-state index in [4.69, 9.17) is 0 Å². The lowest BCUT2D eigenvalue weighted by Gasteiger charge is -2.26. The molecular weight excluding hydrogens is 406 g/mol. The van der Waals surface area contributed by atoms with Gasteiger partial charge in [0, 0.05) is 13.5 Å². The summed E-state index contributed by atoms with van der Waals surface area (Å²) in [5.41, 5.74) is -3.39. The predicted octanol–water partition coefficient (Wildman–Crippen LogP) is 5.54. The summed E-state index contributed by atoms with van der Waals surface area (Å²) >= 11 is 1.11. The van der Waals surface area contributed by atoms with E-state index < -0.39 is 29.0 Å². The van der Waals surface area contributed by atoms with Crippen molar-refractivity contribution >= 4 is 23.4 Å². The lowest BCUT2D eigenvalue weighted by atomic mass is 10.0. The fraction of sp³-hybridized carbons (Fsp3) is 0.500. The van der Waals surface area contributed by atoms with Crippen molar-refractivity contribution in [2.45, 2.75) is 44.5 Å². The van der Waals surface area contributed by atoms with Gasteiger partial charge in [-0.25, -0.2) is 0 Å². The Hall–Kier alpha value is -1.84. The summed E-state index contributed by atoms with van der Waals surface area (Å²) in [6.07, 6.45) is -8.72. The molecule has 3 nitrogen and oxygen atoms in total. The number of carbonyl (C=O) groups excluding carboxylic acids is 1. The quantitative estimate of drug-likeness (QED) is 0.628. The molecule has 1 aromatic carbocycles. The van der Waals surface area contributed by atoms with Crippen LogP contribution >= 0.6 is 11.8 Å². The monoisotopic (exact) mass is 426 g/mol. The molecule has 2 rings (SSSR count). The lowest BCUT2D eigenvalue weighted by molar-refractivity contribution is -0.143. The molecule has 10 heteroatoms. The highest BCUT2D eigenvalue weighted by molar-refractivity contribution is 8.03. The molecule has 1 unspecified atom stereocenters. The van der Waals surface area contributed by atoms with Crippen LogP contribution in [0.5, 0.6) is 0 Å². The van der Waals surface area contributed by atoms with E-state index in [0.717, 1.165) is 18.2 Å². The molecule has 0 radical (unpaired) electrons. The molecule has 0 spiro atoms. The molecule has 0 bridgehead atoms. The fourth-order valence-corrected chi connectivity index (χ4v) is 3.65. The van der Waals surface area contributed by atoms with Crippen LogP contribution in [0.4, 0.5) is 26.3 Å². The maximum atomic E-state index is 13.1. The second kappa shape index (κ2) is 8.26. The molecule has 2 atom stereocenters. The van der Waals surface area contributed by atoms with Crippen LogP contribution < -0.4 is 5.32 Å². The maximum Gasteiger partial charge on any atom is 0.416 e. The largest absolute Gasteiger partial charge is 0.416 e. The van der Waals surface area contributed by atoms with Gasteiger partial charge in [-0.1, -0.05) is 32.0 Å². The van der Waals surface area contributed by atoms with Crippen molar-refractivity contribution in [3.63, 3.8) is 0 Å². The number of halogens is 6. The van der Waals surface area contributed by atoms with E-state index in [1.54, 1.807) is 0 Å². The molecule has 0 aliphatic carbocycles. The first-order valence-corrected chi connectivity index (χ1v) is 9.45. The van der Waals surface area contributed by atoms with Gasteiger partial charge in [-0.2, -0.15) is 26.3 Å². The second-order valence-electron chi connectivity index (χ2n) is 6.68. The Balaban J connectivity index is 2.27. The number of carbonyl (C=O) groups is 1. The number of rotatable bonds is 5. The van der Waals surface area contributed by atoms with Crippen molar-refractivity contribution in [1.82, 2.24) is 10.2 Å². The SMILES string of the molecule is CC[C@H](C)CC(=O)NC1SC=C(c2cc(C(F)(F)F)cc(C(F)(F)F)c2)N1C. The Labute approximate surface area is 163 Å². The van der Waals surface area contributed by atoms with Crippen molar-refractivity contribution in [1.29, 1.82) is 0 Å². The molecule has 1 aliphatic rings. The molecule has 1 amide bonds. The molecule has 156 valence electrons. The Kier molecular flexibility index (Phi) is 6.62. The lowest BCUT2D eigenvalue weighted by Crippen LogP contribution is -2.41. The highest BCUT2D eigenvalue weighted by Crippen LogP contribution is 2.40. The van der Waals surface area contributed by atoms with Crippen LogP contribution in [0.3, 0.4) is 0 Å². The van der Waals surface area contributed by atoms with E-state index in [1.807, 2.05) is 13.8 Å². The molecule has 28 heavy (non-hydrogen) atoms. The van der Waals surface area contributed by atoms with E-state index in [9.17, 15) is 31.1 Å². The van der Waals surface area contributed by atoms with Crippen molar-refractivity contribution < 1.29 is 31.1 Å². The smallest absolute Gasteiger partial charge is 0.345 e. The van der Waals surface area contributed by atoms with Crippen LogP contribution in [-0.2, 0) is 17.1 Å². The number of benzene rings is 1. The standard InChI is InChI=1S/C18H20F6N2OS/c1-4-10(2)5-15(27)25-16-26(3)14(9-28-16)11-6-12(17(19,20)21)8-13(7-11)18(22,23)24/h6-10,16H,4-5H2,1-3H3,(H,25,27)/t10-,16?/m0/s1. The zero-order valence-corrected chi connectivity index (χ0v) is 16.2. The van der Waals surface area contributed by atoms with Crippen LogP contribution in [0.25, 0.3) is 5.70 Å². The number of hydrogen-bond donors (Lipinski definition) is 1. The third-order valence-corrected chi connectivity index (χ3v) is 5.49. The summed E-state index contributed by atoms with van der Waals surface area (Å²) < 4.78 is 78.4. The van der Waals surface area contributed by atoms with E-state index in [0.29, 0.717) is 18.6 Å². The van der Waals surface area contributed by atoms with Gasteiger partial charge in [0.15, 0.2) is 5.50 Å². The van der Waals surface area contributed by atoms with Crippen LogP contribution in [0.1, 0.15) is 43.4 Å². The van der Waals surface area contributed by atoms with Crippen LogP contribution in [0, 0.1) is 5.92 Å². The Morgan fingerprint density at radius 1 is 1.14 bits per heavy atom. The third kappa shape index (κ3) is 5.36. The number of thioether (sulfide) groups is 1. The van der Waals surface area contributed by atoms with Crippen LogP contribution in [0.2, 0.25) is 0 Å². The Morgan fingerprint density at radius 3 is 2.14 bits per heavy atom. The summed E-state index contributed by atoms with van der Waals surface area (Å²) in [5, 5.41) is 4.18. The molecule has 1 aromatic rings. The number of nitrogens with zero attached hydrogens (tertiary/aromatic N) is 1. The average Bonchev–Trinajstić information content (AvgIpc) is 2.93. The summed E-state index contributed by atoms with van der Waals surface area (Å²) in [6, 6.07) is 1.46. The van der Waals surface area contributed by atoms with Crippen molar-refractivity contribution in [3.05, 3.63) is 40.3 Å². The first kappa shape index (κ1) is 22.4. The number of alkyl halides is 6. The molecule has 0 saturated heterocycles. The molecule has 0 fully saturated rings. The highest BCUT2D eigenvalue weighted by Gasteiger charge is 2.38. The topological polar surface area (TPSA) is 32.3 Å². The fourth-order valence-electron chi connectivity index (χ4n) is 2.59. The highest BCUT2D eigenvalue weighted by atomic mass is 32.2. The number of hydrogen-bond acceptors (Lipinski definition) is 3. The minimum atomic E-state index is -4.91. The van der Waals surface area contributed by atoms with Gasteiger partial charge >= 0.3 is 12.4 Å². The summed E-state index contributed by atoms with van der Waals surface area (Å²) in [5.74, 6) is -0.0599. The van der Waals surface area contributed by atoms with Gasteiger partial charge < -0.3 is 10.2 Å². The predicted molar refractivity (Wildman–Crippen MR) is 95.8 cm³/mol. The van der Waals surface area contributed by atoms with Gasteiger partial charge in [-0.15, -0.1) is 0 Å². The van der Waals surface area contributed by atoms with Crippen molar-refractivity contribution in [2.75, 3.05) is 7.05 Å². The zero-order chi connectivity index (χ0) is 21.3. The van der Waals surface area contributed by atoms with Crippen molar-refractivity contribution in [3.8, 4) is 0 Å². The maximum absolute atomic E-state index is 13.1. The van der Waals surface area contributed by atoms with Gasteiger partial charge in [0.25, 0.3) is 0 Å². The third-order valence-electron chi connectivity index (χ3n) is 4.44. The first-order chi connectivity index (χ1) is 12.8. The van der Waals surface area contributed by atoms with Crippen molar-refractivity contribution in [2.24, 2.45) is 5.92 Å². The van der Waals surface area contributed by atoms with Gasteiger partial charge in [-0.05, 0) is 35.1 Å². The number of amides is 1. The second-order valence-corrected chi connectivity index (χ2v) is 7.64. The average molecular weight is 426 g/mol.